The Balaban J connectivity index is 1.69. The zero-order chi connectivity index (χ0) is 17.5. The van der Waals surface area contributed by atoms with Gasteiger partial charge in [-0.15, -0.1) is 0 Å². The average molecular weight is 328 g/mol. The van der Waals surface area contributed by atoms with Crippen LogP contribution in [0.3, 0.4) is 0 Å². The molecule has 1 nitrogen and oxygen atoms in total. The Kier molecular flexibility index (Phi) is 5.69. The molecule has 3 aromatic rings. The third-order valence-corrected chi connectivity index (χ3v) is 4.50. The van der Waals surface area contributed by atoms with E-state index in [-0.39, 0.29) is 0 Å². The summed E-state index contributed by atoms with van der Waals surface area (Å²) in [7, 11) is 0. The quantitative estimate of drug-likeness (QED) is 0.589. The molecule has 1 atom stereocenters. The van der Waals surface area contributed by atoms with Crippen LogP contribution >= 0.6 is 0 Å². The first-order valence-electron chi connectivity index (χ1n) is 8.79. The Morgan fingerprint density at radius 2 is 1.56 bits per heavy atom. The highest BCUT2D eigenvalue weighted by Crippen LogP contribution is 2.25. The number of hydrogen-bond acceptors (Lipinski definition) is 1. The molecule has 25 heavy (non-hydrogen) atoms. The van der Waals surface area contributed by atoms with Crippen LogP contribution in [0.1, 0.15) is 35.1 Å². The van der Waals surface area contributed by atoms with E-state index in [0.717, 1.165) is 18.4 Å². The smallest absolute Gasteiger partial charge is 0.119 e. The van der Waals surface area contributed by atoms with Crippen LogP contribution in [0.15, 0.2) is 84.9 Å². The summed E-state index contributed by atoms with van der Waals surface area (Å²) >= 11 is 0. The lowest BCUT2D eigenvalue weighted by atomic mass is 9.92. The third-order valence-electron chi connectivity index (χ3n) is 4.50. The van der Waals surface area contributed by atoms with Crippen molar-refractivity contribution in [1.29, 1.82) is 0 Å². The Bertz CT molecular complexity index is 819. The van der Waals surface area contributed by atoms with Crippen LogP contribution in [0, 0.1) is 0 Å². The van der Waals surface area contributed by atoms with E-state index < -0.39 is 0 Å². The third kappa shape index (κ3) is 4.84. The molecule has 0 aliphatic rings. The highest BCUT2D eigenvalue weighted by Gasteiger charge is 2.08. The molecule has 1 N–H and O–H groups in total. The number of hydrogen-bond donors (Lipinski definition) is 1. The molecule has 3 rings (SSSR count). The number of allylic oxidation sites excluding steroid dienone is 1. The minimum atomic E-state index is 0.369. The SMILES string of the molecule is CC(Cc1ccc(O)c(CC=Cc2ccccc2)c1)c1ccccc1. The molecule has 0 spiro atoms. The molecule has 0 bridgehead atoms. The standard InChI is InChI=1S/C24H24O/c1-19(22-12-6-3-7-13-22)17-21-15-16-24(25)23(18-21)14-8-11-20-9-4-2-5-10-20/h2-13,15-16,18-19,25H,14,17H2,1H3. The second-order valence-corrected chi connectivity index (χ2v) is 6.50. The lowest BCUT2D eigenvalue weighted by molar-refractivity contribution is 0.469. The number of rotatable bonds is 6. The summed E-state index contributed by atoms with van der Waals surface area (Å²) < 4.78 is 0. The van der Waals surface area contributed by atoms with Crippen molar-refractivity contribution in [3.63, 3.8) is 0 Å². The zero-order valence-corrected chi connectivity index (χ0v) is 14.6. The van der Waals surface area contributed by atoms with Crippen molar-refractivity contribution < 1.29 is 5.11 Å². The molecule has 0 aliphatic heterocycles. The second kappa shape index (κ2) is 8.34. The number of phenols is 1. The van der Waals surface area contributed by atoms with Gasteiger partial charge in [0.05, 0.1) is 0 Å². The van der Waals surface area contributed by atoms with Gasteiger partial charge in [-0.25, -0.2) is 0 Å². The first kappa shape index (κ1) is 17.0. The Morgan fingerprint density at radius 3 is 2.28 bits per heavy atom. The molecule has 0 aliphatic carbocycles. The van der Waals surface area contributed by atoms with E-state index >= 15 is 0 Å². The van der Waals surface area contributed by atoms with Gasteiger partial charge in [-0.2, -0.15) is 0 Å². The molecule has 3 aromatic carbocycles. The lowest BCUT2D eigenvalue weighted by Crippen LogP contribution is -1.99. The molecule has 0 fully saturated rings. The fraction of sp³-hybridized carbons (Fsp3) is 0.167. The maximum absolute atomic E-state index is 10.1. The van der Waals surface area contributed by atoms with Crippen molar-refractivity contribution in [2.45, 2.75) is 25.7 Å². The number of phenolic OH excluding ortho intramolecular Hbond substituents is 1. The van der Waals surface area contributed by atoms with E-state index in [1.807, 2.05) is 36.4 Å². The van der Waals surface area contributed by atoms with Crippen molar-refractivity contribution >= 4 is 6.08 Å². The molecule has 1 unspecified atom stereocenters. The zero-order valence-electron chi connectivity index (χ0n) is 14.6. The van der Waals surface area contributed by atoms with Gasteiger partial charge in [0.2, 0.25) is 0 Å². The lowest BCUT2D eigenvalue weighted by Gasteiger charge is -2.13. The minimum absolute atomic E-state index is 0.369. The highest BCUT2D eigenvalue weighted by atomic mass is 16.3. The predicted octanol–water partition coefficient (Wildman–Crippen LogP) is 5.99. The van der Waals surface area contributed by atoms with Crippen LogP contribution in [0.4, 0.5) is 0 Å². The van der Waals surface area contributed by atoms with Crippen molar-refractivity contribution in [2.24, 2.45) is 0 Å². The molecule has 0 radical (unpaired) electrons. The van der Waals surface area contributed by atoms with Crippen molar-refractivity contribution in [3.05, 3.63) is 107 Å². The number of aromatic hydroxyl groups is 1. The molecular weight excluding hydrogens is 304 g/mol. The Morgan fingerprint density at radius 1 is 0.880 bits per heavy atom. The van der Waals surface area contributed by atoms with Gasteiger partial charge in [-0.1, -0.05) is 91.9 Å². The summed E-state index contributed by atoms with van der Waals surface area (Å²) in [6.07, 6.45) is 5.90. The molecular formula is C24H24O. The van der Waals surface area contributed by atoms with E-state index in [4.69, 9.17) is 0 Å². The van der Waals surface area contributed by atoms with Crippen LogP contribution in [0.5, 0.6) is 5.75 Å². The summed E-state index contributed by atoms with van der Waals surface area (Å²) in [5.41, 5.74) is 4.76. The Labute approximate surface area is 150 Å². The van der Waals surface area contributed by atoms with Gasteiger partial charge in [0, 0.05) is 0 Å². The van der Waals surface area contributed by atoms with Gasteiger partial charge in [-0.3, -0.25) is 0 Å². The summed E-state index contributed by atoms with van der Waals surface area (Å²) in [4.78, 5) is 0. The van der Waals surface area contributed by atoms with Crippen molar-refractivity contribution in [3.8, 4) is 5.75 Å². The van der Waals surface area contributed by atoms with Crippen LogP contribution < -0.4 is 0 Å². The molecule has 126 valence electrons. The topological polar surface area (TPSA) is 20.2 Å². The van der Waals surface area contributed by atoms with Gasteiger partial charge in [0.25, 0.3) is 0 Å². The maximum atomic E-state index is 10.1. The predicted molar refractivity (Wildman–Crippen MR) is 106 cm³/mol. The molecule has 0 saturated carbocycles. The molecule has 0 heterocycles. The van der Waals surface area contributed by atoms with E-state index in [9.17, 15) is 5.11 Å². The van der Waals surface area contributed by atoms with E-state index in [0.29, 0.717) is 11.7 Å². The molecule has 1 heteroatoms. The average Bonchev–Trinajstić information content (AvgIpc) is 2.66. The van der Waals surface area contributed by atoms with Crippen LogP contribution in [-0.4, -0.2) is 5.11 Å². The van der Waals surface area contributed by atoms with E-state index in [2.05, 4.69) is 61.5 Å². The molecule has 0 saturated heterocycles. The summed E-state index contributed by atoms with van der Waals surface area (Å²) in [5.74, 6) is 0.826. The van der Waals surface area contributed by atoms with E-state index in [1.165, 1.54) is 16.7 Å². The summed E-state index contributed by atoms with van der Waals surface area (Å²) in [6, 6.07) is 26.8. The van der Waals surface area contributed by atoms with Crippen LogP contribution in [-0.2, 0) is 12.8 Å². The normalized spacial score (nSPS) is 12.4. The van der Waals surface area contributed by atoms with Crippen molar-refractivity contribution in [1.82, 2.24) is 0 Å². The molecule has 0 amide bonds. The van der Waals surface area contributed by atoms with Gasteiger partial charge in [0.15, 0.2) is 0 Å². The first-order valence-corrected chi connectivity index (χ1v) is 8.79. The van der Waals surface area contributed by atoms with E-state index in [1.54, 1.807) is 0 Å². The summed E-state index contributed by atoms with van der Waals surface area (Å²) in [5, 5.41) is 10.1. The van der Waals surface area contributed by atoms with Gasteiger partial charge in [-0.05, 0) is 47.1 Å². The summed E-state index contributed by atoms with van der Waals surface area (Å²) in [6.45, 7) is 2.25. The largest absolute Gasteiger partial charge is 0.508 e. The Hall–Kier alpha value is -2.80. The maximum Gasteiger partial charge on any atom is 0.119 e. The van der Waals surface area contributed by atoms with Crippen molar-refractivity contribution in [2.75, 3.05) is 0 Å². The minimum Gasteiger partial charge on any atom is -0.508 e. The monoisotopic (exact) mass is 328 g/mol. The second-order valence-electron chi connectivity index (χ2n) is 6.50. The molecule has 0 aromatic heterocycles. The van der Waals surface area contributed by atoms with Crippen LogP contribution in [0.25, 0.3) is 6.08 Å². The van der Waals surface area contributed by atoms with Crippen LogP contribution in [0.2, 0.25) is 0 Å². The van der Waals surface area contributed by atoms with Gasteiger partial charge in [0.1, 0.15) is 5.75 Å². The highest BCUT2D eigenvalue weighted by molar-refractivity contribution is 5.50. The van der Waals surface area contributed by atoms with Gasteiger partial charge < -0.3 is 5.11 Å². The first-order chi connectivity index (χ1) is 12.2. The fourth-order valence-electron chi connectivity index (χ4n) is 3.07. The number of benzene rings is 3. The fourth-order valence-corrected chi connectivity index (χ4v) is 3.07. The van der Waals surface area contributed by atoms with Gasteiger partial charge >= 0.3 is 0 Å².